The van der Waals surface area contributed by atoms with Crippen LogP contribution < -0.4 is 5.32 Å². The third-order valence-corrected chi connectivity index (χ3v) is 4.46. The van der Waals surface area contributed by atoms with Crippen LogP contribution in [-0.2, 0) is 14.3 Å². The topological polar surface area (TPSA) is 55.4 Å². The highest BCUT2D eigenvalue weighted by Crippen LogP contribution is 2.24. The first-order valence-electron chi connectivity index (χ1n) is 8.26. The zero-order chi connectivity index (χ0) is 18.3. The number of thioether (sulfide) groups is 1. The maximum atomic E-state index is 12.3. The lowest BCUT2D eigenvalue weighted by molar-refractivity contribution is -0.148. The normalized spacial score (nSPS) is 12.8. The SMILES string of the molecule is Cc1ccc(C(CC(=O)OC(C)C)NC(=O)CSC(C)(C)C)cc1. The summed E-state index contributed by atoms with van der Waals surface area (Å²) >= 11 is 1.58. The number of ether oxygens (including phenoxy) is 1. The summed E-state index contributed by atoms with van der Waals surface area (Å²) in [6.07, 6.45) is -0.0315. The second-order valence-electron chi connectivity index (χ2n) is 7.17. The van der Waals surface area contributed by atoms with Gasteiger partial charge in [0.2, 0.25) is 5.91 Å². The quantitative estimate of drug-likeness (QED) is 0.754. The zero-order valence-corrected chi connectivity index (χ0v) is 16.3. The molecule has 0 aliphatic rings. The minimum absolute atomic E-state index is 0.0211. The first-order valence-corrected chi connectivity index (χ1v) is 9.25. The van der Waals surface area contributed by atoms with E-state index in [2.05, 4.69) is 26.1 Å². The van der Waals surface area contributed by atoms with Crippen molar-refractivity contribution >= 4 is 23.6 Å². The van der Waals surface area contributed by atoms with Crippen LogP contribution in [0, 0.1) is 6.92 Å². The van der Waals surface area contributed by atoms with E-state index in [-0.39, 0.29) is 35.2 Å². The standard InChI is InChI=1S/C19H29NO3S/c1-13(2)23-18(22)11-16(15-9-7-14(3)8-10-15)20-17(21)12-24-19(4,5)6/h7-10,13,16H,11-12H2,1-6H3,(H,20,21). The Kier molecular flexibility index (Phi) is 7.80. The Labute approximate surface area is 149 Å². The fourth-order valence-corrected chi connectivity index (χ4v) is 2.69. The number of nitrogens with one attached hydrogen (secondary N) is 1. The fraction of sp³-hybridized carbons (Fsp3) is 0.579. The summed E-state index contributed by atoms with van der Waals surface area (Å²) in [5, 5.41) is 2.97. The van der Waals surface area contributed by atoms with Gasteiger partial charge in [-0.3, -0.25) is 9.59 Å². The molecular weight excluding hydrogens is 322 g/mol. The number of hydrogen-bond donors (Lipinski definition) is 1. The molecule has 1 aromatic carbocycles. The van der Waals surface area contributed by atoms with Gasteiger partial charge in [0.25, 0.3) is 0 Å². The van der Waals surface area contributed by atoms with Gasteiger partial charge in [0.05, 0.1) is 24.3 Å². The number of amides is 1. The van der Waals surface area contributed by atoms with E-state index in [1.807, 2.05) is 45.0 Å². The van der Waals surface area contributed by atoms with E-state index in [1.54, 1.807) is 11.8 Å². The number of carbonyl (C=O) groups is 2. The minimum atomic E-state index is -0.370. The summed E-state index contributed by atoms with van der Waals surface area (Å²) in [7, 11) is 0. The molecule has 0 spiro atoms. The van der Waals surface area contributed by atoms with Crippen LogP contribution in [0.25, 0.3) is 0 Å². The minimum Gasteiger partial charge on any atom is -0.463 e. The highest BCUT2D eigenvalue weighted by molar-refractivity contribution is 8.01. The number of hydrogen-bond acceptors (Lipinski definition) is 4. The van der Waals surface area contributed by atoms with E-state index in [4.69, 9.17) is 4.74 Å². The molecule has 1 atom stereocenters. The van der Waals surface area contributed by atoms with Crippen LogP contribution in [0.1, 0.15) is 58.2 Å². The molecule has 1 N–H and O–H groups in total. The van der Waals surface area contributed by atoms with Crippen molar-refractivity contribution in [1.82, 2.24) is 5.32 Å². The zero-order valence-electron chi connectivity index (χ0n) is 15.5. The van der Waals surface area contributed by atoms with Gasteiger partial charge in [0.1, 0.15) is 0 Å². The lowest BCUT2D eigenvalue weighted by Gasteiger charge is -2.21. The van der Waals surface area contributed by atoms with Gasteiger partial charge in [0, 0.05) is 4.75 Å². The highest BCUT2D eigenvalue weighted by Gasteiger charge is 2.21. The summed E-state index contributed by atoms with van der Waals surface area (Å²) in [4.78, 5) is 24.3. The first-order chi connectivity index (χ1) is 11.1. The Morgan fingerprint density at radius 1 is 1.17 bits per heavy atom. The van der Waals surface area contributed by atoms with Crippen molar-refractivity contribution in [2.24, 2.45) is 0 Å². The lowest BCUT2D eigenvalue weighted by atomic mass is 10.0. The summed E-state index contributed by atoms with van der Waals surface area (Å²) < 4.78 is 5.25. The van der Waals surface area contributed by atoms with Crippen LogP contribution in [0.5, 0.6) is 0 Å². The molecule has 0 fully saturated rings. The molecule has 134 valence electrons. The molecule has 0 aromatic heterocycles. The van der Waals surface area contributed by atoms with Gasteiger partial charge in [0.15, 0.2) is 0 Å². The van der Waals surface area contributed by atoms with Crippen molar-refractivity contribution in [3.8, 4) is 0 Å². The molecule has 0 aliphatic carbocycles. The molecule has 1 aromatic rings. The fourth-order valence-electron chi connectivity index (χ4n) is 2.05. The average Bonchev–Trinajstić information content (AvgIpc) is 2.43. The summed E-state index contributed by atoms with van der Waals surface area (Å²) in [5.41, 5.74) is 2.05. The molecule has 0 saturated carbocycles. The molecule has 1 rings (SSSR count). The van der Waals surface area contributed by atoms with Crippen LogP contribution in [0.4, 0.5) is 0 Å². The molecule has 0 bridgehead atoms. The second-order valence-corrected chi connectivity index (χ2v) is 8.98. The van der Waals surface area contributed by atoms with Gasteiger partial charge in [-0.15, -0.1) is 11.8 Å². The molecule has 1 amide bonds. The molecular formula is C19H29NO3S. The summed E-state index contributed by atoms with van der Waals surface area (Å²) in [6.45, 7) is 11.9. The summed E-state index contributed by atoms with van der Waals surface area (Å²) in [6, 6.07) is 7.47. The Bertz CT molecular complexity index is 547. The van der Waals surface area contributed by atoms with Gasteiger partial charge >= 0.3 is 5.97 Å². The lowest BCUT2D eigenvalue weighted by Crippen LogP contribution is -2.33. The van der Waals surface area contributed by atoms with Crippen LogP contribution in [0.15, 0.2) is 24.3 Å². The predicted octanol–water partition coefficient (Wildman–Crippen LogP) is 4.03. The van der Waals surface area contributed by atoms with Gasteiger partial charge < -0.3 is 10.1 Å². The van der Waals surface area contributed by atoms with Crippen molar-refractivity contribution in [1.29, 1.82) is 0 Å². The van der Waals surface area contributed by atoms with E-state index in [9.17, 15) is 9.59 Å². The van der Waals surface area contributed by atoms with Crippen molar-refractivity contribution in [2.75, 3.05) is 5.75 Å². The second kappa shape index (κ2) is 9.11. The highest BCUT2D eigenvalue weighted by atomic mass is 32.2. The van der Waals surface area contributed by atoms with Gasteiger partial charge in [-0.05, 0) is 26.3 Å². The molecule has 0 saturated heterocycles. The maximum absolute atomic E-state index is 12.3. The third kappa shape index (κ3) is 8.39. The summed E-state index contributed by atoms with van der Waals surface area (Å²) in [5.74, 6) is -0.0114. The molecule has 0 radical (unpaired) electrons. The Hall–Kier alpha value is -1.49. The van der Waals surface area contributed by atoms with Crippen LogP contribution in [0.2, 0.25) is 0 Å². The molecule has 0 aliphatic heterocycles. The van der Waals surface area contributed by atoms with Gasteiger partial charge in [-0.1, -0.05) is 50.6 Å². The van der Waals surface area contributed by atoms with Crippen molar-refractivity contribution in [2.45, 2.75) is 64.9 Å². The van der Waals surface area contributed by atoms with Gasteiger partial charge in [-0.25, -0.2) is 0 Å². The van der Waals surface area contributed by atoms with E-state index in [0.717, 1.165) is 11.1 Å². The van der Waals surface area contributed by atoms with Gasteiger partial charge in [-0.2, -0.15) is 0 Å². The third-order valence-electron chi connectivity index (χ3n) is 3.19. The largest absolute Gasteiger partial charge is 0.463 e. The molecule has 24 heavy (non-hydrogen) atoms. The molecule has 5 heteroatoms. The smallest absolute Gasteiger partial charge is 0.308 e. The van der Waals surface area contributed by atoms with E-state index >= 15 is 0 Å². The van der Waals surface area contributed by atoms with E-state index < -0.39 is 0 Å². The van der Waals surface area contributed by atoms with Crippen LogP contribution >= 0.6 is 11.8 Å². The molecule has 0 heterocycles. The van der Waals surface area contributed by atoms with Crippen molar-refractivity contribution < 1.29 is 14.3 Å². The Morgan fingerprint density at radius 2 is 1.75 bits per heavy atom. The Morgan fingerprint density at radius 3 is 2.25 bits per heavy atom. The van der Waals surface area contributed by atoms with Crippen LogP contribution in [-0.4, -0.2) is 28.5 Å². The first kappa shape index (κ1) is 20.6. The number of carbonyl (C=O) groups excluding carboxylic acids is 2. The Balaban J connectivity index is 2.79. The number of benzene rings is 1. The predicted molar refractivity (Wildman–Crippen MR) is 100 cm³/mol. The number of esters is 1. The number of aryl methyl sites for hydroxylation is 1. The molecule has 1 unspecified atom stereocenters. The van der Waals surface area contributed by atoms with E-state index in [1.165, 1.54) is 0 Å². The monoisotopic (exact) mass is 351 g/mol. The maximum Gasteiger partial charge on any atom is 0.308 e. The van der Waals surface area contributed by atoms with E-state index in [0.29, 0.717) is 5.75 Å². The molecule has 4 nitrogen and oxygen atoms in total. The van der Waals surface area contributed by atoms with Crippen molar-refractivity contribution in [3.05, 3.63) is 35.4 Å². The number of rotatable bonds is 7. The van der Waals surface area contributed by atoms with Crippen LogP contribution in [0.3, 0.4) is 0 Å². The van der Waals surface area contributed by atoms with Crippen molar-refractivity contribution in [3.63, 3.8) is 0 Å². The average molecular weight is 352 g/mol.